The van der Waals surface area contributed by atoms with Crippen molar-refractivity contribution in [3.8, 4) is 0 Å². The molecule has 0 saturated heterocycles. The molecule has 0 unspecified atom stereocenters. The monoisotopic (exact) mass is 223 g/mol. The maximum Gasteiger partial charge on any atom is 0.0701 e. The zero-order valence-corrected chi connectivity index (χ0v) is 9.22. The minimum atomic E-state index is 0.539. The predicted octanol–water partition coefficient (Wildman–Crippen LogP) is 2.19. The van der Waals surface area contributed by atoms with Crippen molar-refractivity contribution in [3.05, 3.63) is 29.5 Å². The second-order valence-electron chi connectivity index (χ2n) is 3.58. The molecular weight excluding hydrogens is 210 g/mol. The van der Waals surface area contributed by atoms with Crippen LogP contribution in [0, 0.1) is 0 Å². The molecule has 0 radical (unpaired) electrons. The van der Waals surface area contributed by atoms with Gasteiger partial charge in [0.2, 0.25) is 0 Å². The number of hydrogen-bond donors (Lipinski definition) is 2. The first-order valence-corrected chi connectivity index (χ1v) is 5.60. The number of rotatable bonds is 4. The molecule has 3 nitrogen and oxygen atoms in total. The molecule has 4 heteroatoms. The molecular formula is C11H14ClN3. The quantitative estimate of drug-likeness (QED) is 0.781. The lowest BCUT2D eigenvalue weighted by Crippen LogP contribution is -2.00. The maximum absolute atomic E-state index is 5.80. The van der Waals surface area contributed by atoms with Gasteiger partial charge in [0, 0.05) is 11.3 Å². The van der Waals surface area contributed by atoms with Crippen LogP contribution in [0.15, 0.2) is 18.2 Å². The molecule has 0 fully saturated rings. The Labute approximate surface area is 93.6 Å². The number of halogens is 1. The lowest BCUT2D eigenvalue weighted by atomic mass is 10.1. The van der Waals surface area contributed by atoms with Gasteiger partial charge in [-0.3, -0.25) is 5.10 Å². The number of hydrogen-bond acceptors (Lipinski definition) is 2. The number of aromatic amines is 1. The zero-order chi connectivity index (χ0) is 10.7. The van der Waals surface area contributed by atoms with Gasteiger partial charge in [0.25, 0.3) is 0 Å². The van der Waals surface area contributed by atoms with Crippen molar-refractivity contribution >= 4 is 22.5 Å². The summed E-state index contributed by atoms with van der Waals surface area (Å²) in [6.45, 7) is 0.698. The van der Waals surface area contributed by atoms with Gasteiger partial charge in [0.05, 0.1) is 11.2 Å². The number of aromatic nitrogens is 2. The van der Waals surface area contributed by atoms with Crippen LogP contribution in [0.4, 0.5) is 0 Å². The molecule has 1 heterocycles. The van der Waals surface area contributed by atoms with E-state index in [9.17, 15) is 0 Å². The molecule has 1 aromatic carbocycles. The Morgan fingerprint density at radius 2 is 2.27 bits per heavy atom. The summed E-state index contributed by atoms with van der Waals surface area (Å²) in [4.78, 5) is 0. The molecule has 0 bridgehead atoms. The van der Waals surface area contributed by atoms with Gasteiger partial charge in [-0.25, -0.2) is 0 Å². The summed E-state index contributed by atoms with van der Waals surface area (Å²) in [7, 11) is 0. The smallest absolute Gasteiger partial charge is 0.0701 e. The Kier molecular flexibility index (Phi) is 3.23. The van der Waals surface area contributed by atoms with Crippen LogP contribution in [-0.4, -0.2) is 16.7 Å². The third-order valence-electron chi connectivity index (χ3n) is 2.48. The molecule has 0 aliphatic carbocycles. The largest absolute Gasteiger partial charge is 0.330 e. The molecule has 0 aliphatic heterocycles. The van der Waals surface area contributed by atoms with Gasteiger partial charge in [-0.2, -0.15) is 5.10 Å². The average molecular weight is 224 g/mol. The summed E-state index contributed by atoms with van der Waals surface area (Å²) in [6, 6.07) is 6.13. The highest BCUT2D eigenvalue weighted by atomic mass is 35.5. The van der Waals surface area contributed by atoms with E-state index in [1.807, 2.05) is 12.1 Å². The lowest BCUT2D eigenvalue weighted by molar-refractivity contribution is 0.808. The topological polar surface area (TPSA) is 54.7 Å². The number of nitrogens with zero attached hydrogens (tertiary/aromatic N) is 1. The van der Waals surface area contributed by atoms with E-state index < -0.39 is 0 Å². The number of aryl methyl sites for hydroxylation is 1. The lowest BCUT2D eigenvalue weighted by Gasteiger charge is -1.98. The van der Waals surface area contributed by atoms with Gasteiger partial charge < -0.3 is 5.73 Å². The molecule has 0 saturated carbocycles. The second-order valence-corrected chi connectivity index (χ2v) is 3.84. The molecule has 1 aromatic heterocycles. The standard InChI is InChI=1S/C11H14ClN3/c12-7-8-3-4-11-9(6-8)10(14-15-11)2-1-5-13/h3-4,6H,1-2,5,7,13H2,(H,14,15). The Morgan fingerprint density at radius 3 is 3.00 bits per heavy atom. The Bertz CT molecular complexity index is 450. The molecule has 0 atom stereocenters. The van der Waals surface area contributed by atoms with E-state index in [0.29, 0.717) is 12.4 Å². The highest BCUT2D eigenvalue weighted by Crippen LogP contribution is 2.19. The summed E-state index contributed by atoms with van der Waals surface area (Å²) in [5.41, 5.74) is 8.76. The van der Waals surface area contributed by atoms with Crippen molar-refractivity contribution in [1.82, 2.24) is 10.2 Å². The number of nitrogens with two attached hydrogens (primary N) is 1. The third kappa shape index (κ3) is 2.13. The molecule has 0 aliphatic rings. The number of H-pyrrole nitrogens is 1. The van der Waals surface area contributed by atoms with Crippen molar-refractivity contribution in [2.24, 2.45) is 5.73 Å². The number of alkyl halides is 1. The van der Waals surface area contributed by atoms with E-state index in [-0.39, 0.29) is 0 Å². The predicted molar refractivity (Wildman–Crippen MR) is 63.0 cm³/mol. The van der Waals surface area contributed by atoms with E-state index in [0.717, 1.165) is 29.6 Å². The van der Waals surface area contributed by atoms with Crippen LogP contribution in [0.5, 0.6) is 0 Å². The molecule has 80 valence electrons. The van der Waals surface area contributed by atoms with Crippen LogP contribution in [0.25, 0.3) is 10.9 Å². The van der Waals surface area contributed by atoms with Gasteiger partial charge in [-0.05, 0) is 37.1 Å². The van der Waals surface area contributed by atoms with E-state index in [1.165, 1.54) is 5.39 Å². The van der Waals surface area contributed by atoms with Crippen LogP contribution in [0.2, 0.25) is 0 Å². The molecule has 2 rings (SSSR count). The molecule has 3 N–H and O–H groups in total. The minimum Gasteiger partial charge on any atom is -0.330 e. The van der Waals surface area contributed by atoms with Crippen LogP contribution in [0.1, 0.15) is 17.7 Å². The van der Waals surface area contributed by atoms with E-state index in [2.05, 4.69) is 16.3 Å². The summed E-state index contributed by atoms with van der Waals surface area (Å²) >= 11 is 5.80. The fourth-order valence-electron chi connectivity index (χ4n) is 1.66. The van der Waals surface area contributed by atoms with Gasteiger partial charge in [-0.15, -0.1) is 11.6 Å². The second kappa shape index (κ2) is 4.64. The van der Waals surface area contributed by atoms with Crippen LogP contribution >= 0.6 is 11.6 Å². The summed E-state index contributed by atoms with van der Waals surface area (Å²) in [5, 5.41) is 8.47. The first-order chi connectivity index (χ1) is 7.35. The highest BCUT2D eigenvalue weighted by molar-refractivity contribution is 6.17. The molecule has 0 amide bonds. The number of nitrogens with one attached hydrogen (secondary N) is 1. The first-order valence-electron chi connectivity index (χ1n) is 5.07. The normalized spacial score (nSPS) is 11.1. The van der Waals surface area contributed by atoms with Crippen molar-refractivity contribution in [2.45, 2.75) is 18.7 Å². The Hall–Kier alpha value is -1.06. The van der Waals surface area contributed by atoms with E-state index >= 15 is 0 Å². The third-order valence-corrected chi connectivity index (χ3v) is 2.79. The van der Waals surface area contributed by atoms with Crippen molar-refractivity contribution in [3.63, 3.8) is 0 Å². The molecule has 2 aromatic rings. The first kappa shape index (κ1) is 10.5. The number of fused-ring (bicyclic) bond motifs is 1. The average Bonchev–Trinajstić information content (AvgIpc) is 2.68. The van der Waals surface area contributed by atoms with Gasteiger partial charge >= 0.3 is 0 Å². The van der Waals surface area contributed by atoms with E-state index in [1.54, 1.807) is 0 Å². The van der Waals surface area contributed by atoms with E-state index in [4.69, 9.17) is 17.3 Å². The van der Waals surface area contributed by atoms with Crippen molar-refractivity contribution in [1.29, 1.82) is 0 Å². The maximum atomic E-state index is 5.80. The van der Waals surface area contributed by atoms with Gasteiger partial charge in [0.15, 0.2) is 0 Å². The molecule has 0 spiro atoms. The SMILES string of the molecule is NCCCc1n[nH]c2ccc(CCl)cc12. The Balaban J connectivity index is 2.38. The number of benzene rings is 1. The fraction of sp³-hybridized carbons (Fsp3) is 0.364. The summed E-state index contributed by atoms with van der Waals surface area (Å²) in [6.07, 6.45) is 1.88. The zero-order valence-electron chi connectivity index (χ0n) is 8.46. The minimum absolute atomic E-state index is 0.539. The summed E-state index contributed by atoms with van der Waals surface area (Å²) in [5.74, 6) is 0.539. The van der Waals surface area contributed by atoms with Crippen LogP contribution in [0.3, 0.4) is 0 Å². The van der Waals surface area contributed by atoms with Gasteiger partial charge in [0.1, 0.15) is 0 Å². The summed E-state index contributed by atoms with van der Waals surface area (Å²) < 4.78 is 0. The molecule has 15 heavy (non-hydrogen) atoms. The van der Waals surface area contributed by atoms with Crippen molar-refractivity contribution < 1.29 is 0 Å². The highest BCUT2D eigenvalue weighted by Gasteiger charge is 2.05. The van der Waals surface area contributed by atoms with Gasteiger partial charge in [-0.1, -0.05) is 6.07 Å². The fourth-order valence-corrected chi connectivity index (χ4v) is 1.83. The Morgan fingerprint density at radius 1 is 1.40 bits per heavy atom. The van der Waals surface area contributed by atoms with Crippen LogP contribution in [-0.2, 0) is 12.3 Å². The van der Waals surface area contributed by atoms with Crippen molar-refractivity contribution in [2.75, 3.05) is 6.54 Å². The van der Waals surface area contributed by atoms with Crippen LogP contribution < -0.4 is 5.73 Å².